The van der Waals surface area contributed by atoms with E-state index in [2.05, 4.69) is 10.00 Å². The molecule has 0 bridgehead atoms. The molecule has 0 aliphatic carbocycles. The molecule has 4 rings (SSSR count). The largest absolute Gasteiger partial charge is 0.389 e. The van der Waals surface area contributed by atoms with Crippen LogP contribution < -0.4 is 4.90 Å². The summed E-state index contributed by atoms with van der Waals surface area (Å²) in [5, 5.41) is 15.0. The number of fused-ring (bicyclic) bond motifs is 2. The number of benzene rings is 1. The molecule has 28 heavy (non-hydrogen) atoms. The zero-order chi connectivity index (χ0) is 20.1. The van der Waals surface area contributed by atoms with Gasteiger partial charge in [-0.05, 0) is 63.5 Å². The average Bonchev–Trinajstić information content (AvgIpc) is 3.13. The average molecular weight is 403 g/mol. The summed E-state index contributed by atoms with van der Waals surface area (Å²) in [6.07, 6.45) is 5.44. The first-order valence-electron chi connectivity index (χ1n) is 9.72. The lowest BCUT2D eigenvalue weighted by Gasteiger charge is -2.38. The van der Waals surface area contributed by atoms with Crippen LogP contribution in [0.4, 0.5) is 5.69 Å². The first kappa shape index (κ1) is 19.4. The number of halogens is 1. The molecule has 0 atom stereocenters. The van der Waals surface area contributed by atoms with E-state index in [1.54, 1.807) is 23.4 Å². The predicted molar refractivity (Wildman–Crippen MR) is 110 cm³/mol. The van der Waals surface area contributed by atoms with Gasteiger partial charge in [0.25, 0.3) is 0 Å². The first-order chi connectivity index (χ1) is 13.2. The lowest BCUT2D eigenvalue weighted by atomic mass is 9.73. The lowest BCUT2D eigenvalue weighted by Crippen LogP contribution is -2.47. The number of carbonyl (C=O) groups is 1. The minimum atomic E-state index is -0.787. The van der Waals surface area contributed by atoms with E-state index in [1.165, 1.54) is 0 Å². The second-order valence-corrected chi connectivity index (χ2v) is 9.18. The topological polar surface area (TPSA) is 61.6 Å². The summed E-state index contributed by atoms with van der Waals surface area (Å²) in [4.78, 5) is 17.2. The third kappa shape index (κ3) is 3.45. The molecule has 0 saturated carbocycles. The SMILES string of the molecule is CN1C(=O)C2(CCN(Cc3cnn(CC(C)(C)O)c3)CC2)c2cc(Cl)ccc21. The Kier molecular flexibility index (Phi) is 4.76. The van der Waals surface area contributed by atoms with Crippen molar-refractivity contribution in [3.8, 4) is 0 Å². The van der Waals surface area contributed by atoms with E-state index < -0.39 is 11.0 Å². The fourth-order valence-electron chi connectivity index (χ4n) is 4.53. The van der Waals surface area contributed by atoms with Crippen molar-refractivity contribution < 1.29 is 9.90 Å². The van der Waals surface area contributed by atoms with Crippen molar-refractivity contribution in [2.75, 3.05) is 25.0 Å². The molecule has 2 aromatic rings. The van der Waals surface area contributed by atoms with Crippen LogP contribution in [0.15, 0.2) is 30.6 Å². The summed E-state index contributed by atoms with van der Waals surface area (Å²) in [5.41, 5.74) is 1.94. The van der Waals surface area contributed by atoms with Crippen LogP contribution in [0.3, 0.4) is 0 Å². The molecule has 2 aliphatic heterocycles. The number of rotatable bonds is 4. The van der Waals surface area contributed by atoms with Crippen LogP contribution in [0.1, 0.15) is 37.8 Å². The van der Waals surface area contributed by atoms with Crippen LogP contribution in [0.25, 0.3) is 0 Å². The van der Waals surface area contributed by atoms with E-state index in [1.807, 2.05) is 37.6 Å². The molecule has 2 aliphatic rings. The van der Waals surface area contributed by atoms with Gasteiger partial charge < -0.3 is 10.0 Å². The molecule has 0 unspecified atom stereocenters. The van der Waals surface area contributed by atoms with E-state index in [0.29, 0.717) is 11.6 Å². The Morgan fingerprint density at radius 2 is 2.00 bits per heavy atom. The van der Waals surface area contributed by atoms with E-state index in [4.69, 9.17) is 11.6 Å². The number of aliphatic hydroxyl groups is 1. The smallest absolute Gasteiger partial charge is 0.237 e. The summed E-state index contributed by atoms with van der Waals surface area (Å²) < 4.78 is 1.79. The second kappa shape index (κ2) is 6.87. The molecule has 1 spiro atoms. The van der Waals surface area contributed by atoms with Gasteiger partial charge in [-0.2, -0.15) is 5.10 Å². The predicted octanol–water partition coefficient (Wildman–Crippen LogP) is 2.82. The number of carbonyl (C=O) groups excluding carboxylic acids is 1. The van der Waals surface area contributed by atoms with Crippen LogP contribution in [0, 0.1) is 0 Å². The number of hydrogen-bond acceptors (Lipinski definition) is 4. The van der Waals surface area contributed by atoms with Gasteiger partial charge in [-0.25, -0.2) is 0 Å². The molecule has 150 valence electrons. The highest BCUT2D eigenvalue weighted by Crippen LogP contribution is 2.48. The van der Waals surface area contributed by atoms with Gasteiger partial charge in [-0.3, -0.25) is 14.4 Å². The fraction of sp³-hybridized carbons (Fsp3) is 0.524. The zero-order valence-electron chi connectivity index (χ0n) is 16.7. The van der Waals surface area contributed by atoms with Gasteiger partial charge in [-0.1, -0.05) is 11.6 Å². The van der Waals surface area contributed by atoms with Crippen LogP contribution in [-0.2, 0) is 23.3 Å². The molecule has 1 aromatic heterocycles. The lowest BCUT2D eigenvalue weighted by molar-refractivity contribution is -0.124. The highest BCUT2D eigenvalue weighted by molar-refractivity contribution is 6.31. The Balaban J connectivity index is 1.46. The molecule has 0 radical (unpaired) electrons. The summed E-state index contributed by atoms with van der Waals surface area (Å²) in [5.74, 6) is 0.183. The summed E-state index contributed by atoms with van der Waals surface area (Å²) in [6.45, 7) is 6.52. The minimum Gasteiger partial charge on any atom is -0.389 e. The molecular formula is C21H27ClN4O2. The minimum absolute atomic E-state index is 0.183. The first-order valence-corrected chi connectivity index (χ1v) is 10.1. The van der Waals surface area contributed by atoms with E-state index >= 15 is 0 Å². The molecule has 6 nitrogen and oxygen atoms in total. The van der Waals surface area contributed by atoms with Crippen LogP contribution in [0.2, 0.25) is 5.02 Å². The highest BCUT2D eigenvalue weighted by Gasteiger charge is 2.50. The Morgan fingerprint density at radius 1 is 1.29 bits per heavy atom. The number of nitrogens with zero attached hydrogens (tertiary/aromatic N) is 4. The molecule has 1 aromatic carbocycles. The number of piperidine rings is 1. The number of likely N-dealkylation sites (tertiary alicyclic amines) is 1. The van der Waals surface area contributed by atoms with Crippen molar-refractivity contribution in [1.29, 1.82) is 0 Å². The normalized spacial score (nSPS) is 19.5. The van der Waals surface area contributed by atoms with Crippen LogP contribution >= 0.6 is 11.6 Å². The monoisotopic (exact) mass is 402 g/mol. The van der Waals surface area contributed by atoms with Crippen molar-refractivity contribution in [1.82, 2.24) is 14.7 Å². The van der Waals surface area contributed by atoms with E-state index in [9.17, 15) is 9.90 Å². The maximum Gasteiger partial charge on any atom is 0.237 e. The zero-order valence-corrected chi connectivity index (χ0v) is 17.4. The quantitative estimate of drug-likeness (QED) is 0.854. The molecular weight excluding hydrogens is 376 g/mol. The van der Waals surface area contributed by atoms with Gasteiger partial charge in [0.2, 0.25) is 5.91 Å². The number of aromatic nitrogens is 2. The van der Waals surface area contributed by atoms with Crippen molar-refractivity contribution in [3.05, 3.63) is 46.7 Å². The van der Waals surface area contributed by atoms with E-state index in [-0.39, 0.29) is 5.91 Å². The Bertz CT molecular complexity index is 894. The highest BCUT2D eigenvalue weighted by atomic mass is 35.5. The Morgan fingerprint density at radius 3 is 2.68 bits per heavy atom. The van der Waals surface area contributed by atoms with Gasteiger partial charge in [0, 0.05) is 36.1 Å². The van der Waals surface area contributed by atoms with Crippen LogP contribution in [-0.4, -0.2) is 51.4 Å². The molecule has 1 N–H and O–H groups in total. The van der Waals surface area contributed by atoms with Gasteiger partial charge in [0.1, 0.15) is 0 Å². The fourth-order valence-corrected chi connectivity index (χ4v) is 4.71. The van der Waals surface area contributed by atoms with Gasteiger partial charge in [0.05, 0.1) is 23.8 Å². The number of likely N-dealkylation sites (N-methyl/N-ethyl adjacent to an activating group) is 1. The molecule has 1 saturated heterocycles. The number of amides is 1. The Labute approximate surface area is 170 Å². The number of anilines is 1. The number of hydrogen-bond donors (Lipinski definition) is 1. The summed E-state index contributed by atoms with van der Waals surface area (Å²) in [7, 11) is 1.85. The summed E-state index contributed by atoms with van der Waals surface area (Å²) >= 11 is 6.24. The Hall–Kier alpha value is -1.89. The molecule has 3 heterocycles. The maximum absolute atomic E-state index is 13.1. The third-order valence-electron chi connectivity index (χ3n) is 5.90. The molecule has 7 heteroatoms. The standard InChI is InChI=1S/C21H27ClN4O2/c1-20(2,28)14-26-13-15(11-23-26)12-25-8-6-21(7-9-25)17-10-16(22)4-5-18(17)24(3)19(21)27/h4-5,10-11,13,28H,6-9,12,14H2,1-3H3. The maximum atomic E-state index is 13.1. The molecule has 1 amide bonds. The second-order valence-electron chi connectivity index (χ2n) is 8.74. The van der Waals surface area contributed by atoms with Gasteiger partial charge in [-0.15, -0.1) is 0 Å². The van der Waals surface area contributed by atoms with Crippen molar-refractivity contribution in [3.63, 3.8) is 0 Å². The van der Waals surface area contributed by atoms with E-state index in [0.717, 1.165) is 49.3 Å². The third-order valence-corrected chi connectivity index (χ3v) is 6.14. The van der Waals surface area contributed by atoms with Crippen LogP contribution in [0.5, 0.6) is 0 Å². The van der Waals surface area contributed by atoms with Gasteiger partial charge in [0.15, 0.2) is 0 Å². The molecule has 1 fully saturated rings. The van der Waals surface area contributed by atoms with Crippen molar-refractivity contribution >= 4 is 23.2 Å². The van der Waals surface area contributed by atoms with Crippen molar-refractivity contribution in [2.45, 2.75) is 50.8 Å². The summed E-state index contributed by atoms with van der Waals surface area (Å²) in [6, 6.07) is 5.77. The van der Waals surface area contributed by atoms with Gasteiger partial charge >= 0.3 is 0 Å². The van der Waals surface area contributed by atoms with Crippen molar-refractivity contribution in [2.24, 2.45) is 0 Å².